The van der Waals surface area contributed by atoms with E-state index < -0.39 is 10.0 Å². The molecule has 0 spiro atoms. The number of sulfonamides is 1. The fourth-order valence-electron chi connectivity index (χ4n) is 2.83. The molecular weight excluding hydrogens is 262 g/mol. The largest absolute Gasteiger partial charge is 0.464 e. The summed E-state index contributed by atoms with van der Waals surface area (Å²) in [6, 6.07) is 7.79. The Morgan fingerprint density at radius 2 is 2.11 bits per heavy atom. The Labute approximate surface area is 113 Å². The Kier molecular flexibility index (Phi) is 3.11. The third-order valence-corrected chi connectivity index (χ3v) is 5.03. The van der Waals surface area contributed by atoms with E-state index in [0.29, 0.717) is 6.54 Å². The summed E-state index contributed by atoms with van der Waals surface area (Å²) >= 11 is 0. The number of furan rings is 1. The van der Waals surface area contributed by atoms with E-state index in [2.05, 4.69) is 0 Å². The monoisotopic (exact) mass is 279 g/mol. The molecule has 1 saturated heterocycles. The van der Waals surface area contributed by atoms with Crippen LogP contribution in [0.15, 0.2) is 34.9 Å². The highest BCUT2D eigenvalue weighted by molar-refractivity contribution is 7.88. The van der Waals surface area contributed by atoms with Crippen molar-refractivity contribution in [3.05, 3.63) is 36.1 Å². The second-order valence-electron chi connectivity index (χ2n) is 5.10. The number of hydrogen-bond donors (Lipinski definition) is 0. The van der Waals surface area contributed by atoms with Crippen LogP contribution < -0.4 is 0 Å². The molecule has 2 heterocycles. The molecule has 5 heteroatoms. The lowest BCUT2D eigenvalue weighted by Gasteiger charge is -2.34. The average molecular weight is 279 g/mol. The SMILES string of the molecule is CS(=O)(=O)N1CCCCC1c1ccc2occc2c1. The van der Waals surface area contributed by atoms with Gasteiger partial charge in [0.15, 0.2) is 0 Å². The third kappa shape index (κ3) is 2.40. The lowest BCUT2D eigenvalue weighted by molar-refractivity contribution is 0.258. The normalized spacial score (nSPS) is 21.8. The highest BCUT2D eigenvalue weighted by Gasteiger charge is 2.30. The van der Waals surface area contributed by atoms with Gasteiger partial charge in [0.1, 0.15) is 5.58 Å². The van der Waals surface area contributed by atoms with Crippen LogP contribution in [0.1, 0.15) is 30.9 Å². The standard InChI is InChI=1S/C14H17NO3S/c1-19(16,17)15-8-3-2-4-13(15)11-5-6-14-12(10-11)7-9-18-14/h5-7,9-10,13H,2-4,8H2,1H3. The Balaban J connectivity index is 2.02. The number of benzene rings is 1. The molecule has 1 unspecified atom stereocenters. The molecule has 1 aromatic heterocycles. The van der Waals surface area contributed by atoms with Crippen LogP contribution in [0, 0.1) is 0 Å². The zero-order valence-corrected chi connectivity index (χ0v) is 11.7. The first-order valence-corrected chi connectivity index (χ1v) is 8.34. The predicted octanol–water partition coefficient (Wildman–Crippen LogP) is 2.92. The summed E-state index contributed by atoms with van der Waals surface area (Å²) in [5, 5.41) is 1.02. The second-order valence-corrected chi connectivity index (χ2v) is 7.04. The summed E-state index contributed by atoms with van der Waals surface area (Å²) in [5.41, 5.74) is 1.89. The van der Waals surface area contributed by atoms with Gasteiger partial charge in [-0.05, 0) is 36.6 Å². The van der Waals surface area contributed by atoms with Crippen LogP contribution in [0.5, 0.6) is 0 Å². The van der Waals surface area contributed by atoms with Gasteiger partial charge in [-0.25, -0.2) is 8.42 Å². The number of rotatable bonds is 2. The van der Waals surface area contributed by atoms with Crippen molar-refractivity contribution in [1.29, 1.82) is 0 Å². The maximum Gasteiger partial charge on any atom is 0.211 e. The average Bonchev–Trinajstić information content (AvgIpc) is 2.85. The zero-order valence-electron chi connectivity index (χ0n) is 10.9. The summed E-state index contributed by atoms with van der Waals surface area (Å²) in [4.78, 5) is 0. The van der Waals surface area contributed by atoms with Gasteiger partial charge in [0.2, 0.25) is 10.0 Å². The van der Waals surface area contributed by atoms with Crippen molar-refractivity contribution in [2.45, 2.75) is 25.3 Å². The predicted molar refractivity (Wildman–Crippen MR) is 74.4 cm³/mol. The Morgan fingerprint density at radius 3 is 2.89 bits per heavy atom. The van der Waals surface area contributed by atoms with Gasteiger partial charge in [0, 0.05) is 18.0 Å². The second kappa shape index (κ2) is 4.65. The molecule has 1 aliphatic rings. The van der Waals surface area contributed by atoms with Crippen molar-refractivity contribution in [3.8, 4) is 0 Å². The number of fused-ring (bicyclic) bond motifs is 1. The van der Waals surface area contributed by atoms with Crippen molar-refractivity contribution < 1.29 is 12.8 Å². The quantitative estimate of drug-likeness (QED) is 0.849. The molecule has 2 aromatic rings. The van der Waals surface area contributed by atoms with E-state index in [-0.39, 0.29) is 6.04 Å². The van der Waals surface area contributed by atoms with Crippen molar-refractivity contribution in [2.24, 2.45) is 0 Å². The number of nitrogens with zero attached hydrogens (tertiary/aromatic N) is 1. The van der Waals surface area contributed by atoms with Crippen molar-refractivity contribution in [3.63, 3.8) is 0 Å². The number of hydrogen-bond acceptors (Lipinski definition) is 3. The topological polar surface area (TPSA) is 50.5 Å². The van der Waals surface area contributed by atoms with E-state index in [9.17, 15) is 8.42 Å². The maximum absolute atomic E-state index is 11.9. The van der Waals surface area contributed by atoms with Gasteiger partial charge in [0.05, 0.1) is 12.5 Å². The molecule has 4 nitrogen and oxygen atoms in total. The van der Waals surface area contributed by atoms with Crippen LogP contribution in [-0.2, 0) is 10.0 Å². The van der Waals surface area contributed by atoms with E-state index >= 15 is 0 Å². The van der Waals surface area contributed by atoms with Gasteiger partial charge in [-0.15, -0.1) is 0 Å². The summed E-state index contributed by atoms with van der Waals surface area (Å²) < 4.78 is 30.7. The maximum atomic E-state index is 11.9. The molecule has 19 heavy (non-hydrogen) atoms. The zero-order chi connectivity index (χ0) is 13.5. The lowest BCUT2D eigenvalue weighted by Crippen LogP contribution is -2.37. The first-order chi connectivity index (χ1) is 9.05. The first kappa shape index (κ1) is 12.7. The minimum absolute atomic E-state index is 0.0388. The summed E-state index contributed by atoms with van der Waals surface area (Å²) in [5.74, 6) is 0. The van der Waals surface area contributed by atoms with Gasteiger partial charge >= 0.3 is 0 Å². The van der Waals surface area contributed by atoms with Crippen molar-refractivity contribution in [1.82, 2.24) is 4.31 Å². The van der Waals surface area contributed by atoms with Crippen LogP contribution >= 0.6 is 0 Å². The molecular formula is C14H17NO3S. The van der Waals surface area contributed by atoms with Gasteiger partial charge in [-0.3, -0.25) is 0 Å². The molecule has 0 aliphatic carbocycles. The highest BCUT2D eigenvalue weighted by atomic mass is 32.2. The minimum atomic E-state index is -3.15. The van der Waals surface area contributed by atoms with E-state index in [0.717, 1.165) is 35.8 Å². The first-order valence-electron chi connectivity index (χ1n) is 6.50. The molecule has 0 radical (unpaired) electrons. The summed E-state index contributed by atoms with van der Waals surface area (Å²) in [7, 11) is -3.15. The summed E-state index contributed by atoms with van der Waals surface area (Å²) in [6.07, 6.45) is 5.85. The van der Waals surface area contributed by atoms with Crippen molar-refractivity contribution in [2.75, 3.05) is 12.8 Å². The fraction of sp³-hybridized carbons (Fsp3) is 0.429. The van der Waals surface area contributed by atoms with Crippen LogP contribution in [-0.4, -0.2) is 25.5 Å². The molecule has 1 atom stereocenters. The van der Waals surface area contributed by atoms with Crippen LogP contribution in [0.4, 0.5) is 0 Å². The molecule has 1 aromatic carbocycles. The van der Waals surface area contributed by atoms with E-state index in [1.165, 1.54) is 6.26 Å². The molecule has 102 valence electrons. The molecule has 0 amide bonds. The Bertz CT molecular complexity index is 690. The molecule has 1 aliphatic heterocycles. The van der Waals surface area contributed by atoms with Crippen molar-refractivity contribution >= 4 is 21.0 Å². The Hall–Kier alpha value is -1.33. The molecule has 3 rings (SSSR count). The molecule has 0 N–H and O–H groups in total. The third-order valence-electron chi connectivity index (χ3n) is 3.74. The van der Waals surface area contributed by atoms with Gasteiger partial charge in [0.25, 0.3) is 0 Å². The molecule has 0 bridgehead atoms. The van der Waals surface area contributed by atoms with Gasteiger partial charge in [-0.1, -0.05) is 12.5 Å². The van der Waals surface area contributed by atoms with E-state index in [4.69, 9.17) is 4.42 Å². The van der Waals surface area contributed by atoms with E-state index in [1.807, 2.05) is 24.3 Å². The molecule has 1 fully saturated rings. The van der Waals surface area contributed by atoms with Crippen LogP contribution in [0.2, 0.25) is 0 Å². The van der Waals surface area contributed by atoms with Gasteiger partial charge < -0.3 is 4.42 Å². The minimum Gasteiger partial charge on any atom is -0.464 e. The number of piperidine rings is 1. The lowest BCUT2D eigenvalue weighted by atomic mass is 9.97. The Morgan fingerprint density at radius 1 is 1.26 bits per heavy atom. The molecule has 0 saturated carbocycles. The van der Waals surface area contributed by atoms with Gasteiger partial charge in [-0.2, -0.15) is 4.31 Å². The summed E-state index contributed by atoms with van der Waals surface area (Å²) in [6.45, 7) is 0.618. The van der Waals surface area contributed by atoms with E-state index in [1.54, 1.807) is 10.6 Å². The van der Waals surface area contributed by atoms with Crippen LogP contribution in [0.25, 0.3) is 11.0 Å². The fourth-order valence-corrected chi connectivity index (χ4v) is 3.98. The highest BCUT2D eigenvalue weighted by Crippen LogP contribution is 2.34. The van der Waals surface area contributed by atoms with Crippen LogP contribution in [0.3, 0.4) is 0 Å². The smallest absolute Gasteiger partial charge is 0.211 e.